The minimum absolute atomic E-state index is 0.0415. The molecule has 1 aromatic carbocycles. The Morgan fingerprint density at radius 3 is 2.82 bits per heavy atom. The molecule has 0 amide bonds. The second-order valence-corrected chi connectivity index (χ2v) is 4.55. The first-order valence-corrected chi connectivity index (χ1v) is 6.03. The minimum Gasteiger partial charge on any atom is -0.329 e. The van der Waals surface area contributed by atoms with Crippen LogP contribution < -0.4 is 16.8 Å². The maximum Gasteiger partial charge on any atom is 0.126 e. The van der Waals surface area contributed by atoms with Gasteiger partial charge in [0.1, 0.15) is 5.82 Å². The summed E-state index contributed by atoms with van der Waals surface area (Å²) in [6, 6.07) is 3.10. The molecule has 5 N–H and O–H groups in total. The van der Waals surface area contributed by atoms with Crippen LogP contribution in [0.4, 0.5) is 4.39 Å². The number of hydrogen-bond donors (Lipinski definition) is 3. The van der Waals surface area contributed by atoms with Gasteiger partial charge in [0.15, 0.2) is 0 Å². The van der Waals surface area contributed by atoms with Crippen molar-refractivity contribution in [3.63, 3.8) is 0 Å². The van der Waals surface area contributed by atoms with Crippen LogP contribution in [0.25, 0.3) is 0 Å². The van der Waals surface area contributed by atoms with Crippen molar-refractivity contribution in [2.75, 3.05) is 19.6 Å². The predicted molar refractivity (Wildman–Crippen MR) is 69.8 cm³/mol. The molecule has 5 heteroatoms. The average molecular weight is 260 g/mol. The van der Waals surface area contributed by atoms with Crippen LogP contribution in [0.15, 0.2) is 12.1 Å². The number of nitrogens with one attached hydrogen (secondary N) is 1. The van der Waals surface area contributed by atoms with Crippen LogP contribution in [-0.4, -0.2) is 25.7 Å². The van der Waals surface area contributed by atoms with Gasteiger partial charge in [0.05, 0.1) is 0 Å². The first-order chi connectivity index (χ1) is 8.04. The Bertz CT molecular complexity index is 371. The number of halogens is 2. The van der Waals surface area contributed by atoms with Crippen molar-refractivity contribution in [3.8, 4) is 0 Å². The highest BCUT2D eigenvalue weighted by atomic mass is 35.5. The van der Waals surface area contributed by atoms with Crippen LogP contribution in [-0.2, 0) is 6.42 Å². The quantitative estimate of drug-likeness (QED) is 0.673. The Kier molecular flexibility index (Phi) is 5.85. The summed E-state index contributed by atoms with van der Waals surface area (Å²) < 4.78 is 13.3. The van der Waals surface area contributed by atoms with E-state index in [1.165, 1.54) is 6.07 Å². The maximum absolute atomic E-state index is 13.3. The zero-order valence-electron chi connectivity index (χ0n) is 9.97. The molecule has 0 bridgehead atoms. The second-order valence-electron chi connectivity index (χ2n) is 4.14. The first-order valence-electron chi connectivity index (χ1n) is 5.65. The largest absolute Gasteiger partial charge is 0.329 e. The Hall–Kier alpha value is -0.680. The van der Waals surface area contributed by atoms with Gasteiger partial charge < -0.3 is 16.8 Å². The van der Waals surface area contributed by atoms with Gasteiger partial charge in [0.25, 0.3) is 0 Å². The van der Waals surface area contributed by atoms with E-state index in [1.54, 1.807) is 13.0 Å². The van der Waals surface area contributed by atoms with Crippen LogP contribution in [0.1, 0.15) is 11.1 Å². The summed E-state index contributed by atoms with van der Waals surface area (Å²) in [6.07, 6.45) is 0.674. The van der Waals surface area contributed by atoms with Crippen molar-refractivity contribution in [1.29, 1.82) is 0 Å². The molecule has 3 nitrogen and oxygen atoms in total. The maximum atomic E-state index is 13.3. The van der Waals surface area contributed by atoms with Gasteiger partial charge in [-0.05, 0) is 43.1 Å². The number of rotatable bonds is 6. The molecule has 1 rings (SSSR count). The summed E-state index contributed by atoms with van der Waals surface area (Å²) >= 11 is 6.03. The first kappa shape index (κ1) is 14.4. The van der Waals surface area contributed by atoms with Crippen molar-refractivity contribution in [1.82, 2.24) is 5.32 Å². The molecular formula is C12H19ClFN3. The summed E-state index contributed by atoms with van der Waals surface area (Å²) in [5.41, 5.74) is 12.4. The van der Waals surface area contributed by atoms with Crippen LogP contribution in [0.5, 0.6) is 0 Å². The summed E-state index contributed by atoms with van der Waals surface area (Å²) in [4.78, 5) is 0. The molecule has 96 valence electrons. The SMILES string of the molecule is Cc1cc(Cl)c(CCNCC(N)CN)cc1F. The van der Waals surface area contributed by atoms with Crippen molar-refractivity contribution >= 4 is 11.6 Å². The molecule has 0 aliphatic carbocycles. The summed E-state index contributed by atoms with van der Waals surface area (Å²) in [5.74, 6) is -0.219. The molecule has 0 spiro atoms. The lowest BCUT2D eigenvalue weighted by Crippen LogP contribution is -2.40. The third-order valence-corrected chi connectivity index (χ3v) is 2.96. The van der Waals surface area contributed by atoms with E-state index in [4.69, 9.17) is 23.1 Å². The molecule has 0 aliphatic rings. The van der Waals surface area contributed by atoms with Gasteiger partial charge in [-0.2, -0.15) is 0 Å². The van der Waals surface area contributed by atoms with E-state index in [9.17, 15) is 4.39 Å². The smallest absolute Gasteiger partial charge is 0.126 e. The van der Waals surface area contributed by atoms with Gasteiger partial charge in [-0.15, -0.1) is 0 Å². The summed E-state index contributed by atoms with van der Waals surface area (Å²) in [5, 5.41) is 3.77. The van der Waals surface area contributed by atoms with Gasteiger partial charge >= 0.3 is 0 Å². The molecule has 1 unspecified atom stereocenters. The fourth-order valence-electron chi connectivity index (χ4n) is 1.47. The van der Waals surface area contributed by atoms with Gasteiger partial charge in [0, 0.05) is 24.2 Å². The summed E-state index contributed by atoms with van der Waals surface area (Å²) in [6.45, 7) is 3.51. The Balaban J connectivity index is 2.44. The summed E-state index contributed by atoms with van der Waals surface area (Å²) in [7, 11) is 0. The molecule has 0 aliphatic heterocycles. The average Bonchev–Trinajstić information content (AvgIpc) is 2.30. The second kappa shape index (κ2) is 6.91. The molecule has 17 heavy (non-hydrogen) atoms. The van der Waals surface area contributed by atoms with Crippen LogP contribution >= 0.6 is 11.6 Å². The lowest BCUT2D eigenvalue weighted by molar-refractivity contribution is 0.580. The number of nitrogens with two attached hydrogens (primary N) is 2. The van der Waals surface area contributed by atoms with Crippen molar-refractivity contribution in [2.24, 2.45) is 11.5 Å². The molecule has 0 aromatic heterocycles. The van der Waals surface area contributed by atoms with Crippen LogP contribution in [0.2, 0.25) is 5.02 Å². The van der Waals surface area contributed by atoms with E-state index >= 15 is 0 Å². The molecule has 0 heterocycles. The van der Waals surface area contributed by atoms with E-state index in [0.717, 1.165) is 5.56 Å². The number of hydrogen-bond acceptors (Lipinski definition) is 3. The fraction of sp³-hybridized carbons (Fsp3) is 0.500. The van der Waals surface area contributed by atoms with Gasteiger partial charge in [-0.3, -0.25) is 0 Å². The zero-order valence-corrected chi connectivity index (χ0v) is 10.7. The van der Waals surface area contributed by atoms with Gasteiger partial charge in [0.2, 0.25) is 0 Å². The lowest BCUT2D eigenvalue weighted by atomic mass is 10.1. The predicted octanol–water partition coefficient (Wildman–Crippen LogP) is 1.21. The third-order valence-electron chi connectivity index (χ3n) is 2.61. The van der Waals surface area contributed by atoms with Crippen molar-refractivity contribution in [2.45, 2.75) is 19.4 Å². The Labute approximate surface area is 106 Å². The number of benzene rings is 1. The van der Waals surface area contributed by atoms with Crippen molar-refractivity contribution < 1.29 is 4.39 Å². The van der Waals surface area contributed by atoms with Crippen molar-refractivity contribution in [3.05, 3.63) is 34.1 Å². The highest BCUT2D eigenvalue weighted by Gasteiger charge is 2.06. The van der Waals surface area contributed by atoms with E-state index in [-0.39, 0.29) is 11.9 Å². The van der Waals surface area contributed by atoms with E-state index in [0.29, 0.717) is 36.6 Å². The lowest BCUT2D eigenvalue weighted by Gasteiger charge is -2.11. The van der Waals surface area contributed by atoms with E-state index < -0.39 is 0 Å². The molecule has 1 aromatic rings. The highest BCUT2D eigenvalue weighted by Crippen LogP contribution is 2.20. The normalized spacial score (nSPS) is 12.8. The van der Waals surface area contributed by atoms with Gasteiger partial charge in [-0.25, -0.2) is 4.39 Å². The number of aryl methyl sites for hydroxylation is 1. The fourth-order valence-corrected chi connectivity index (χ4v) is 1.79. The molecule has 0 radical (unpaired) electrons. The molecule has 1 atom stereocenters. The topological polar surface area (TPSA) is 64.1 Å². The molecule has 0 fully saturated rings. The Morgan fingerprint density at radius 2 is 2.18 bits per heavy atom. The highest BCUT2D eigenvalue weighted by molar-refractivity contribution is 6.31. The minimum atomic E-state index is -0.219. The zero-order chi connectivity index (χ0) is 12.8. The Morgan fingerprint density at radius 1 is 1.47 bits per heavy atom. The molecule has 0 saturated carbocycles. The molecule has 0 saturated heterocycles. The van der Waals surface area contributed by atoms with Crippen LogP contribution in [0, 0.1) is 12.7 Å². The van der Waals surface area contributed by atoms with Gasteiger partial charge in [-0.1, -0.05) is 11.6 Å². The van der Waals surface area contributed by atoms with Crippen LogP contribution in [0.3, 0.4) is 0 Å². The monoisotopic (exact) mass is 259 g/mol. The van der Waals surface area contributed by atoms with E-state index in [1.807, 2.05) is 0 Å². The molecular weight excluding hydrogens is 241 g/mol. The standard InChI is InChI=1S/C12H19ClFN3/c1-8-4-11(13)9(5-12(8)14)2-3-17-7-10(16)6-15/h4-5,10,17H,2-3,6-7,15-16H2,1H3. The third kappa shape index (κ3) is 4.60. The van der Waals surface area contributed by atoms with E-state index in [2.05, 4.69) is 5.32 Å².